The molecule has 1 N–H and O–H groups in total. The minimum Gasteiger partial charge on any atom is -0.319 e. The molecule has 0 saturated heterocycles. The van der Waals surface area contributed by atoms with E-state index in [-0.39, 0.29) is 10.7 Å². The number of alkyl halides is 5. The van der Waals surface area contributed by atoms with Crippen LogP contribution in [0.3, 0.4) is 0 Å². The Bertz CT molecular complexity index is 1030. The number of rotatable bonds is 4. The van der Waals surface area contributed by atoms with Crippen LogP contribution in [0.25, 0.3) is 5.69 Å². The van der Waals surface area contributed by atoms with Gasteiger partial charge in [-0.25, -0.2) is 13.5 Å². The first-order chi connectivity index (χ1) is 13.1. The van der Waals surface area contributed by atoms with E-state index in [0.717, 1.165) is 17.1 Å². The van der Waals surface area contributed by atoms with Crippen LogP contribution in [0.5, 0.6) is 0 Å². The van der Waals surface area contributed by atoms with Crippen LogP contribution in [0.15, 0.2) is 36.7 Å². The molecule has 0 atom stereocenters. The second-order valence-electron chi connectivity index (χ2n) is 5.62. The van der Waals surface area contributed by atoms with Crippen molar-refractivity contribution in [1.29, 1.82) is 0 Å². The molecule has 0 bridgehead atoms. The summed E-state index contributed by atoms with van der Waals surface area (Å²) >= 11 is 5.94. The Hall–Kier alpha value is -2.95. The standard InChI is InChI=1S/C16H11ClF5N5O/c1-26-7-8(12(25-26)14(18)19)15(28)24-10-6-23-27(13(10)16(20,21)22)11-5-3-2-4-9(11)17/h2-7,14H,1H3,(H,24,28). The van der Waals surface area contributed by atoms with E-state index in [4.69, 9.17) is 11.6 Å². The van der Waals surface area contributed by atoms with Crippen LogP contribution >= 0.6 is 11.6 Å². The van der Waals surface area contributed by atoms with Crippen LogP contribution in [0.4, 0.5) is 27.6 Å². The zero-order valence-electron chi connectivity index (χ0n) is 14.0. The van der Waals surface area contributed by atoms with Gasteiger partial charge in [0.25, 0.3) is 12.3 Å². The van der Waals surface area contributed by atoms with Crippen molar-refractivity contribution < 1.29 is 26.7 Å². The molecule has 148 valence electrons. The minimum atomic E-state index is -4.92. The fraction of sp³-hybridized carbons (Fsp3) is 0.188. The van der Waals surface area contributed by atoms with E-state index in [0.29, 0.717) is 4.68 Å². The lowest BCUT2D eigenvalue weighted by atomic mass is 10.2. The van der Waals surface area contributed by atoms with Crippen LogP contribution in [-0.2, 0) is 13.2 Å². The van der Waals surface area contributed by atoms with Gasteiger partial charge in [-0.2, -0.15) is 23.4 Å². The molecule has 0 aliphatic carbocycles. The lowest BCUT2D eigenvalue weighted by Crippen LogP contribution is -2.19. The van der Waals surface area contributed by atoms with Crippen LogP contribution in [0.2, 0.25) is 5.02 Å². The monoisotopic (exact) mass is 419 g/mol. The summed E-state index contributed by atoms with van der Waals surface area (Å²) in [5.41, 5.74) is -3.47. The number of carbonyl (C=O) groups excluding carboxylic acids is 1. The number of benzene rings is 1. The van der Waals surface area contributed by atoms with E-state index >= 15 is 0 Å². The fourth-order valence-electron chi connectivity index (χ4n) is 2.55. The summed E-state index contributed by atoms with van der Waals surface area (Å²) in [5.74, 6) is -1.17. The van der Waals surface area contributed by atoms with Gasteiger partial charge in [-0.05, 0) is 12.1 Å². The second kappa shape index (κ2) is 7.23. The predicted molar refractivity (Wildman–Crippen MR) is 89.7 cm³/mol. The van der Waals surface area contributed by atoms with E-state index in [1.807, 2.05) is 5.32 Å². The van der Waals surface area contributed by atoms with Crippen LogP contribution in [-0.4, -0.2) is 25.5 Å². The van der Waals surface area contributed by atoms with Gasteiger partial charge < -0.3 is 5.32 Å². The average molecular weight is 420 g/mol. The van der Waals surface area contributed by atoms with Gasteiger partial charge in [0.1, 0.15) is 5.69 Å². The number of nitrogens with zero attached hydrogens (tertiary/aromatic N) is 4. The molecule has 0 fully saturated rings. The summed E-state index contributed by atoms with van der Waals surface area (Å²) in [6.45, 7) is 0. The molecule has 0 aliphatic rings. The zero-order chi connectivity index (χ0) is 20.6. The average Bonchev–Trinajstić information content (AvgIpc) is 3.18. The van der Waals surface area contributed by atoms with Crippen molar-refractivity contribution in [3.63, 3.8) is 0 Å². The molecular formula is C16H11ClF5N5O. The van der Waals surface area contributed by atoms with Gasteiger partial charge in [-0.1, -0.05) is 23.7 Å². The molecule has 6 nitrogen and oxygen atoms in total. The van der Waals surface area contributed by atoms with Gasteiger partial charge in [-0.3, -0.25) is 9.48 Å². The molecular weight excluding hydrogens is 409 g/mol. The molecule has 12 heteroatoms. The second-order valence-corrected chi connectivity index (χ2v) is 6.03. The van der Waals surface area contributed by atoms with Gasteiger partial charge in [0, 0.05) is 13.2 Å². The Balaban J connectivity index is 2.04. The molecule has 3 aromatic rings. The number of aromatic nitrogens is 4. The highest BCUT2D eigenvalue weighted by Gasteiger charge is 2.40. The SMILES string of the molecule is Cn1cc(C(=O)Nc2cnn(-c3ccccc3Cl)c2C(F)(F)F)c(C(F)F)n1. The quantitative estimate of drug-likeness (QED) is 0.635. The summed E-state index contributed by atoms with van der Waals surface area (Å²) in [7, 11) is 1.30. The van der Waals surface area contributed by atoms with E-state index in [1.165, 1.54) is 31.3 Å². The Morgan fingerprint density at radius 2 is 1.93 bits per heavy atom. The maximum Gasteiger partial charge on any atom is 0.435 e. The molecule has 2 heterocycles. The van der Waals surface area contributed by atoms with Crippen LogP contribution in [0, 0.1) is 0 Å². The number of aryl methyl sites for hydroxylation is 1. The Kier molecular flexibility index (Phi) is 5.11. The fourth-order valence-corrected chi connectivity index (χ4v) is 2.77. The first kappa shape index (κ1) is 19.8. The summed E-state index contributed by atoms with van der Waals surface area (Å²) in [5, 5.41) is 9.09. The van der Waals surface area contributed by atoms with Crippen molar-refractivity contribution in [2.45, 2.75) is 12.6 Å². The zero-order valence-corrected chi connectivity index (χ0v) is 14.8. The minimum absolute atomic E-state index is 0.00113. The van der Waals surface area contributed by atoms with Crippen molar-refractivity contribution in [2.75, 3.05) is 5.32 Å². The van der Waals surface area contributed by atoms with Gasteiger partial charge in [-0.15, -0.1) is 0 Å². The van der Waals surface area contributed by atoms with E-state index < -0.39 is 41.1 Å². The van der Waals surface area contributed by atoms with Crippen molar-refractivity contribution >= 4 is 23.2 Å². The van der Waals surface area contributed by atoms with Gasteiger partial charge in [0.05, 0.1) is 28.2 Å². The van der Waals surface area contributed by atoms with E-state index in [9.17, 15) is 26.7 Å². The largest absolute Gasteiger partial charge is 0.435 e. The van der Waals surface area contributed by atoms with Gasteiger partial charge >= 0.3 is 6.18 Å². The lowest BCUT2D eigenvalue weighted by Gasteiger charge is -2.14. The normalized spacial score (nSPS) is 11.9. The number of hydrogen-bond acceptors (Lipinski definition) is 3. The molecule has 28 heavy (non-hydrogen) atoms. The predicted octanol–water partition coefficient (Wildman–Crippen LogP) is 4.47. The molecule has 0 spiro atoms. The Labute approximate surface area is 159 Å². The first-order valence-electron chi connectivity index (χ1n) is 7.62. The third-order valence-corrected chi connectivity index (χ3v) is 3.99. The number of nitrogens with one attached hydrogen (secondary N) is 1. The molecule has 0 saturated carbocycles. The van der Waals surface area contributed by atoms with Crippen LogP contribution < -0.4 is 5.32 Å². The van der Waals surface area contributed by atoms with Gasteiger partial charge in [0.15, 0.2) is 5.69 Å². The van der Waals surface area contributed by atoms with E-state index in [2.05, 4.69) is 10.2 Å². The molecule has 0 aliphatic heterocycles. The molecule has 0 unspecified atom stereocenters. The third kappa shape index (κ3) is 3.70. The lowest BCUT2D eigenvalue weighted by molar-refractivity contribution is -0.142. The molecule has 2 aromatic heterocycles. The number of anilines is 1. The topological polar surface area (TPSA) is 64.7 Å². The van der Waals surface area contributed by atoms with Crippen molar-refractivity contribution in [3.8, 4) is 5.69 Å². The Morgan fingerprint density at radius 3 is 2.54 bits per heavy atom. The van der Waals surface area contributed by atoms with Crippen molar-refractivity contribution in [3.05, 3.63) is 58.6 Å². The number of hydrogen-bond donors (Lipinski definition) is 1. The number of carbonyl (C=O) groups is 1. The van der Waals surface area contributed by atoms with Crippen molar-refractivity contribution in [1.82, 2.24) is 19.6 Å². The molecule has 1 aromatic carbocycles. The highest BCUT2D eigenvalue weighted by Crippen LogP contribution is 2.37. The first-order valence-corrected chi connectivity index (χ1v) is 8.00. The molecule has 1 amide bonds. The summed E-state index contributed by atoms with van der Waals surface area (Å²) in [4.78, 5) is 12.3. The smallest absolute Gasteiger partial charge is 0.319 e. The van der Waals surface area contributed by atoms with Crippen LogP contribution in [0.1, 0.15) is 28.2 Å². The number of para-hydroxylation sites is 1. The van der Waals surface area contributed by atoms with Crippen molar-refractivity contribution in [2.24, 2.45) is 7.05 Å². The highest BCUT2D eigenvalue weighted by molar-refractivity contribution is 6.32. The number of amides is 1. The van der Waals surface area contributed by atoms with Gasteiger partial charge in [0.2, 0.25) is 0 Å². The molecule has 0 radical (unpaired) electrons. The maximum absolute atomic E-state index is 13.6. The summed E-state index contributed by atoms with van der Waals surface area (Å²) in [6.07, 6.45) is -6.24. The summed E-state index contributed by atoms with van der Waals surface area (Å²) in [6, 6.07) is 5.68. The Morgan fingerprint density at radius 1 is 1.25 bits per heavy atom. The third-order valence-electron chi connectivity index (χ3n) is 3.68. The molecule has 3 rings (SSSR count). The maximum atomic E-state index is 13.6. The summed E-state index contributed by atoms with van der Waals surface area (Å²) < 4.78 is 68.4. The van der Waals surface area contributed by atoms with E-state index in [1.54, 1.807) is 0 Å². The number of halogens is 6. The highest BCUT2D eigenvalue weighted by atomic mass is 35.5.